The van der Waals surface area contributed by atoms with E-state index in [2.05, 4.69) is 35.3 Å². The fourth-order valence-corrected chi connectivity index (χ4v) is 4.31. The van der Waals surface area contributed by atoms with E-state index in [0.29, 0.717) is 17.4 Å². The van der Waals surface area contributed by atoms with Crippen molar-refractivity contribution in [2.45, 2.75) is 32.9 Å². The van der Waals surface area contributed by atoms with E-state index in [9.17, 15) is 8.42 Å². The largest absolute Gasteiger partial charge is 0.354 e. The molecule has 5 heteroatoms. The summed E-state index contributed by atoms with van der Waals surface area (Å²) in [7, 11) is -2.74. The van der Waals surface area contributed by atoms with Crippen LogP contribution < -0.4 is 5.32 Å². The molecular weight excluding hydrogens is 248 g/mol. The van der Waals surface area contributed by atoms with Gasteiger partial charge in [0.25, 0.3) is 0 Å². The van der Waals surface area contributed by atoms with Crippen molar-refractivity contribution in [3.8, 4) is 0 Å². The number of rotatable bonds is 6. The molecule has 2 rings (SSSR count). The fraction of sp³-hybridized carbons (Fsp3) is 0.692. The molecule has 1 aliphatic heterocycles. The molecule has 0 radical (unpaired) electrons. The van der Waals surface area contributed by atoms with Crippen LogP contribution in [0.3, 0.4) is 0 Å². The Morgan fingerprint density at radius 2 is 2.33 bits per heavy atom. The van der Waals surface area contributed by atoms with E-state index >= 15 is 0 Å². The minimum absolute atomic E-state index is 0.299. The number of sulfone groups is 1. The molecule has 0 aliphatic carbocycles. The highest BCUT2D eigenvalue weighted by molar-refractivity contribution is 7.91. The highest BCUT2D eigenvalue weighted by Gasteiger charge is 2.27. The van der Waals surface area contributed by atoms with Crippen LogP contribution in [0.1, 0.15) is 25.3 Å². The fourth-order valence-electron chi connectivity index (χ4n) is 2.45. The van der Waals surface area contributed by atoms with E-state index in [-0.39, 0.29) is 0 Å². The third kappa shape index (κ3) is 3.85. The second-order valence-electron chi connectivity index (χ2n) is 5.16. The van der Waals surface area contributed by atoms with Gasteiger partial charge in [-0.3, -0.25) is 0 Å². The van der Waals surface area contributed by atoms with Gasteiger partial charge >= 0.3 is 0 Å². The number of hydrogen-bond acceptors (Lipinski definition) is 3. The topological polar surface area (TPSA) is 51.1 Å². The number of hydrogen-bond donors (Lipinski definition) is 1. The van der Waals surface area contributed by atoms with Crippen LogP contribution in [-0.4, -0.2) is 31.0 Å². The van der Waals surface area contributed by atoms with Gasteiger partial charge in [0.05, 0.1) is 11.5 Å². The van der Waals surface area contributed by atoms with Gasteiger partial charge in [0.15, 0.2) is 9.84 Å². The first-order chi connectivity index (χ1) is 8.59. The van der Waals surface area contributed by atoms with Gasteiger partial charge in [-0.15, -0.1) is 0 Å². The van der Waals surface area contributed by atoms with Gasteiger partial charge in [-0.2, -0.15) is 0 Å². The molecule has 1 fully saturated rings. The predicted octanol–water partition coefficient (Wildman–Crippen LogP) is 1.42. The Labute approximate surface area is 109 Å². The molecule has 1 aromatic rings. The minimum Gasteiger partial charge on any atom is -0.354 e. The third-order valence-electron chi connectivity index (χ3n) is 3.38. The smallest absolute Gasteiger partial charge is 0.150 e. The molecule has 2 heterocycles. The normalized spacial score (nSPS) is 22.4. The maximum absolute atomic E-state index is 11.3. The Bertz CT molecular complexity index is 479. The van der Waals surface area contributed by atoms with Gasteiger partial charge in [0.1, 0.15) is 0 Å². The average molecular weight is 270 g/mol. The first-order valence-corrected chi connectivity index (χ1v) is 8.47. The number of nitrogens with one attached hydrogen (secondary N) is 1. The van der Waals surface area contributed by atoms with Crippen molar-refractivity contribution in [1.29, 1.82) is 0 Å². The Hall–Kier alpha value is -0.810. The Morgan fingerprint density at radius 1 is 1.50 bits per heavy atom. The second-order valence-corrected chi connectivity index (χ2v) is 7.39. The quantitative estimate of drug-likeness (QED) is 0.850. The van der Waals surface area contributed by atoms with Gasteiger partial charge in [-0.1, -0.05) is 6.92 Å². The van der Waals surface area contributed by atoms with Gasteiger partial charge in [0.2, 0.25) is 0 Å². The number of aryl methyl sites for hydroxylation is 1. The molecule has 0 bridgehead atoms. The van der Waals surface area contributed by atoms with Crippen LogP contribution in [0.15, 0.2) is 18.5 Å². The van der Waals surface area contributed by atoms with E-state index < -0.39 is 9.84 Å². The zero-order chi connectivity index (χ0) is 13.0. The number of nitrogens with zero attached hydrogens (tertiary/aromatic N) is 1. The van der Waals surface area contributed by atoms with Gasteiger partial charge in [0, 0.05) is 25.5 Å². The van der Waals surface area contributed by atoms with Crippen molar-refractivity contribution < 1.29 is 8.42 Å². The van der Waals surface area contributed by atoms with Crippen LogP contribution in [0.5, 0.6) is 0 Å². The highest BCUT2D eigenvalue weighted by Crippen LogP contribution is 2.17. The van der Waals surface area contributed by atoms with E-state index in [0.717, 1.165) is 32.5 Å². The summed E-state index contributed by atoms with van der Waals surface area (Å²) in [6, 6.07) is 2.12. The summed E-state index contributed by atoms with van der Waals surface area (Å²) in [6.07, 6.45) is 6.20. The standard InChI is InChI=1S/C13H22N2O2S/c1-2-5-15-6-3-12(10-15)8-14-9-13-4-7-18(16,17)11-13/h3,6,10,13-14H,2,4-5,7-9,11H2,1H3. The molecule has 0 aromatic carbocycles. The summed E-state index contributed by atoms with van der Waals surface area (Å²) in [5, 5.41) is 3.36. The third-order valence-corrected chi connectivity index (χ3v) is 5.22. The summed E-state index contributed by atoms with van der Waals surface area (Å²) >= 11 is 0. The lowest BCUT2D eigenvalue weighted by molar-refractivity contribution is 0.520. The van der Waals surface area contributed by atoms with Crippen molar-refractivity contribution in [3.05, 3.63) is 24.0 Å². The van der Waals surface area contributed by atoms with Crippen LogP contribution in [-0.2, 0) is 22.9 Å². The molecule has 4 nitrogen and oxygen atoms in total. The average Bonchev–Trinajstić information content (AvgIpc) is 2.87. The minimum atomic E-state index is -2.74. The van der Waals surface area contributed by atoms with Crippen LogP contribution >= 0.6 is 0 Å². The van der Waals surface area contributed by atoms with Crippen LogP contribution in [0, 0.1) is 5.92 Å². The highest BCUT2D eigenvalue weighted by atomic mass is 32.2. The van der Waals surface area contributed by atoms with Crippen molar-refractivity contribution in [2.75, 3.05) is 18.1 Å². The molecule has 1 unspecified atom stereocenters. The van der Waals surface area contributed by atoms with Crippen molar-refractivity contribution >= 4 is 9.84 Å². The zero-order valence-electron chi connectivity index (χ0n) is 10.9. The lowest BCUT2D eigenvalue weighted by Crippen LogP contribution is -2.23. The van der Waals surface area contributed by atoms with Crippen LogP contribution in [0.2, 0.25) is 0 Å². The van der Waals surface area contributed by atoms with E-state index in [1.165, 1.54) is 5.56 Å². The van der Waals surface area contributed by atoms with Crippen LogP contribution in [0.4, 0.5) is 0 Å². The Kier molecular flexibility index (Phi) is 4.45. The Morgan fingerprint density at radius 3 is 3.00 bits per heavy atom. The molecule has 1 saturated heterocycles. The monoisotopic (exact) mass is 270 g/mol. The predicted molar refractivity (Wildman–Crippen MR) is 73.2 cm³/mol. The Balaban J connectivity index is 1.72. The maximum atomic E-state index is 11.3. The summed E-state index contributed by atoms with van der Waals surface area (Å²) in [5.74, 6) is 1.02. The molecule has 1 aliphatic rings. The molecular formula is C13H22N2O2S. The summed E-state index contributed by atoms with van der Waals surface area (Å²) in [6.45, 7) is 4.85. The second kappa shape index (κ2) is 5.89. The van der Waals surface area contributed by atoms with Gasteiger partial charge in [-0.05, 0) is 36.9 Å². The molecule has 0 amide bonds. The molecule has 0 spiro atoms. The van der Waals surface area contributed by atoms with Gasteiger partial charge < -0.3 is 9.88 Å². The van der Waals surface area contributed by atoms with Gasteiger partial charge in [-0.25, -0.2) is 8.42 Å². The van der Waals surface area contributed by atoms with Crippen molar-refractivity contribution in [2.24, 2.45) is 5.92 Å². The first-order valence-electron chi connectivity index (χ1n) is 6.65. The summed E-state index contributed by atoms with van der Waals surface area (Å²) < 4.78 is 24.8. The summed E-state index contributed by atoms with van der Waals surface area (Å²) in [5.41, 5.74) is 1.27. The zero-order valence-corrected chi connectivity index (χ0v) is 11.7. The van der Waals surface area contributed by atoms with Crippen LogP contribution in [0.25, 0.3) is 0 Å². The molecule has 0 saturated carbocycles. The molecule has 18 heavy (non-hydrogen) atoms. The number of aromatic nitrogens is 1. The molecule has 102 valence electrons. The lowest BCUT2D eigenvalue weighted by Gasteiger charge is -2.08. The molecule has 1 aromatic heterocycles. The molecule has 1 N–H and O–H groups in total. The maximum Gasteiger partial charge on any atom is 0.150 e. The van der Waals surface area contributed by atoms with E-state index in [4.69, 9.17) is 0 Å². The lowest BCUT2D eigenvalue weighted by atomic mass is 10.1. The van der Waals surface area contributed by atoms with E-state index in [1.807, 2.05) is 0 Å². The SMILES string of the molecule is CCCn1ccc(CNCC2CCS(=O)(=O)C2)c1. The molecule has 1 atom stereocenters. The van der Waals surface area contributed by atoms with Crippen molar-refractivity contribution in [1.82, 2.24) is 9.88 Å². The van der Waals surface area contributed by atoms with E-state index in [1.54, 1.807) is 0 Å². The van der Waals surface area contributed by atoms with Crippen molar-refractivity contribution in [3.63, 3.8) is 0 Å². The summed E-state index contributed by atoms with van der Waals surface area (Å²) in [4.78, 5) is 0. The first kappa shape index (κ1) is 13.6.